The summed E-state index contributed by atoms with van der Waals surface area (Å²) in [6.45, 7) is 3.74. The third-order valence-corrected chi connectivity index (χ3v) is 5.12. The van der Waals surface area contributed by atoms with E-state index in [0.717, 1.165) is 4.47 Å². The van der Waals surface area contributed by atoms with Gasteiger partial charge in [0.05, 0.1) is 4.90 Å². The lowest BCUT2D eigenvalue weighted by molar-refractivity contribution is 0.310. The molecule has 1 aliphatic rings. The van der Waals surface area contributed by atoms with Crippen LogP contribution in [0.5, 0.6) is 0 Å². The van der Waals surface area contributed by atoms with Gasteiger partial charge in [0.25, 0.3) is 0 Å². The van der Waals surface area contributed by atoms with Gasteiger partial charge in [-0.25, -0.2) is 8.42 Å². The summed E-state index contributed by atoms with van der Waals surface area (Å²) in [5.41, 5.74) is 0. The van der Waals surface area contributed by atoms with Crippen molar-refractivity contribution in [3.8, 4) is 0 Å². The summed E-state index contributed by atoms with van der Waals surface area (Å²) in [7, 11) is -3.35. The average Bonchev–Trinajstić information content (AvgIpc) is 2.29. The third-order valence-electron chi connectivity index (χ3n) is 2.77. The molecular weight excluding hydrogens is 304 g/mol. The van der Waals surface area contributed by atoms with Crippen molar-refractivity contribution < 1.29 is 8.42 Å². The first-order chi connectivity index (χ1) is 8.00. The number of nitrogens with one attached hydrogen (secondary N) is 1. The maximum atomic E-state index is 12.4. The Labute approximate surface area is 110 Å². The summed E-state index contributed by atoms with van der Waals surface area (Å²) in [6, 6.07) is 7.03. The Bertz CT molecular complexity index is 504. The first-order valence-corrected chi connectivity index (χ1v) is 7.72. The molecule has 4 nitrogen and oxygen atoms in total. The Morgan fingerprint density at radius 1 is 1.47 bits per heavy atom. The Balaban J connectivity index is 2.29. The molecule has 1 atom stereocenters. The smallest absolute Gasteiger partial charge is 0.243 e. The Hall–Kier alpha value is -0.430. The number of hydrogen-bond donors (Lipinski definition) is 1. The standard InChI is InChI=1S/C11H15BrN2O2S/c1-9-8-14(6-5-13-9)17(15,16)11-4-2-3-10(12)7-11/h2-4,7,9,13H,5-6,8H2,1H3. The van der Waals surface area contributed by atoms with Crippen LogP contribution in [0.3, 0.4) is 0 Å². The van der Waals surface area contributed by atoms with E-state index < -0.39 is 10.0 Å². The van der Waals surface area contributed by atoms with Crippen LogP contribution >= 0.6 is 15.9 Å². The highest BCUT2D eigenvalue weighted by atomic mass is 79.9. The molecular formula is C11H15BrN2O2S. The SMILES string of the molecule is CC1CN(S(=O)(=O)c2cccc(Br)c2)CCN1. The number of benzene rings is 1. The summed E-state index contributed by atoms with van der Waals surface area (Å²) in [4.78, 5) is 0.348. The summed E-state index contributed by atoms with van der Waals surface area (Å²) >= 11 is 3.30. The van der Waals surface area contributed by atoms with Gasteiger partial charge in [-0.1, -0.05) is 22.0 Å². The van der Waals surface area contributed by atoms with Gasteiger partial charge in [-0.3, -0.25) is 0 Å². The molecule has 0 saturated carbocycles. The van der Waals surface area contributed by atoms with E-state index in [2.05, 4.69) is 21.2 Å². The Morgan fingerprint density at radius 2 is 2.24 bits per heavy atom. The Kier molecular flexibility index (Phi) is 3.87. The normalized spacial score (nSPS) is 22.6. The molecule has 0 aromatic heterocycles. The van der Waals surface area contributed by atoms with E-state index >= 15 is 0 Å². The van der Waals surface area contributed by atoms with E-state index in [1.807, 2.05) is 13.0 Å². The van der Waals surface area contributed by atoms with Gasteiger partial charge in [0.15, 0.2) is 0 Å². The van der Waals surface area contributed by atoms with E-state index in [1.54, 1.807) is 18.2 Å². The molecule has 0 bridgehead atoms. The molecule has 1 heterocycles. The second-order valence-electron chi connectivity index (χ2n) is 4.18. The fourth-order valence-electron chi connectivity index (χ4n) is 1.89. The number of hydrogen-bond acceptors (Lipinski definition) is 3. The van der Waals surface area contributed by atoms with Crippen molar-refractivity contribution in [2.45, 2.75) is 17.9 Å². The van der Waals surface area contributed by atoms with Gasteiger partial charge < -0.3 is 5.32 Å². The van der Waals surface area contributed by atoms with Crippen molar-refractivity contribution in [2.75, 3.05) is 19.6 Å². The van der Waals surface area contributed by atoms with Crippen molar-refractivity contribution in [1.82, 2.24) is 9.62 Å². The maximum Gasteiger partial charge on any atom is 0.243 e. The highest BCUT2D eigenvalue weighted by molar-refractivity contribution is 9.10. The summed E-state index contributed by atoms with van der Waals surface area (Å²) in [6.07, 6.45) is 0. The van der Waals surface area contributed by atoms with E-state index in [4.69, 9.17) is 0 Å². The van der Waals surface area contributed by atoms with Crippen molar-refractivity contribution >= 4 is 26.0 Å². The zero-order chi connectivity index (χ0) is 12.5. The minimum atomic E-state index is -3.35. The molecule has 0 aliphatic carbocycles. The first kappa shape index (κ1) is 13.0. The molecule has 0 spiro atoms. The molecule has 1 aromatic rings. The lowest BCUT2D eigenvalue weighted by Gasteiger charge is -2.31. The van der Waals surface area contributed by atoms with Crippen LogP contribution in [-0.4, -0.2) is 38.4 Å². The molecule has 1 N–H and O–H groups in total. The van der Waals surface area contributed by atoms with Crippen LogP contribution < -0.4 is 5.32 Å². The van der Waals surface area contributed by atoms with E-state index in [9.17, 15) is 8.42 Å². The molecule has 17 heavy (non-hydrogen) atoms. The molecule has 0 radical (unpaired) electrons. The van der Waals surface area contributed by atoms with Crippen LogP contribution in [0.1, 0.15) is 6.92 Å². The molecule has 2 rings (SSSR count). The average molecular weight is 319 g/mol. The zero-order valence-corrected chi connectivity index (χ0v) is 12.0. The molecule has 1 fully saturated rings. The number of nitrogens with zero attached hydrogens (tertiary/aromatic N) is 1. The minimum absolute atomic E-state index is 0.200. The van der Waals surface area contributed by atoms with Gasteiger partial charge in [0.2, 0.25) is 10.0 Å². The Morgan fingerprint density at radius 3 is 2.88 bits per heavy atom. The lowest BCUT2D eigenvalue weighted by Crippen LogP contribution is -2.51. The fraction of sp³-hybridized carbons (Fsp3) is 0.455. The van der Waals surface area contributed by atoms with Gasteiger partial charge in [-0.2, -0.15) is 4.31 Å². The number of halogens is 1. The molecule has 94 valence electrons. The molecule has 6 heteroatoms. The van der Waals surface area contributed by atoms with Crippen LogP contribution in [0.25, 0.3) is 0 Å². The molecule has 1 aliphatic heterocycles. The van der Waals surface area contributed by atoms with Crippen LogP contribution in [-0.2, 0) is 10.0 Å². The second-order valence-corrected chi connectivity index (χ2v) is 7.03. The summed E-state index contributed by atoms with van der Waals surface area (Å²) in [5, 5.41) is 3.23. The largest absolute Gasteiger partial charge is 0.312 e. The van der Waals surface area contributed by atoms with Crippen LogP contribution in [0.4, 0.5) is 0 Å². The predicted molar refractivity (Wildman–Crippen MR) is 70.4 cm³/mol. The van der Waals surface area contributed by atoms with Crippen molar-refractivity contribution in [3.63, 3.8) is 0 Å². The highest BCUT2D eigenvalue weighted by Gasteiger charge is 2.28. The monoisotopic (exact) mass is 318 g/mol. The van der Waals surface area contributed by atoms with Crippen molar-refractivity contribution in [1.29, 1.82) is 0 Å². The molecule has 0 amide bonds. The van der Waals surface area contributed by atoms with Crippen molar-refractivity contribution in [3.05, 3.63) is 28.7 Å². The predicted octanol–water partition coefficient (Wildman–Crippen LogP) is 1.43. The van der Waals surface area contributed by atoms with Gasteiger partial charge in [0.1, 0.15) is 0 Å². The van der Waals surface area contributed by atoms with Crippen LogP contribution in [0.2, 0.25) is 0 Å². The van der Waals surface area contributed by atoms with E-state index in [0.29, 0.717) is 24.5 Å². The highest BCUT2D eigenvalue weighted by Crippen LogP contribution is 2.20. The molecule has 1 unspecified atom stereocenters. The molecule has 1 saturated heterocycles. The zero-order valence-electron chi connectivity index (χ0n) is 9.56. The quantitative estimate of drug-likeness (QED) is 0.897. The number of piperazine rings is 1. The van der Waals surface area contributed by atoms with Gasteiger partial charge in [0, 0.05) is 30.1 Å². The fourth-order valence-corrected chi connectivity index (χ4v) is 4.02. The van der Waals surface area contributed by atoms with Crippen LogP contribution in [0, 0.1) is 0 Å². The van der Waals surface area contributed by atoms with Crippen LogP contribution in [0.15, 0.2) is 33.6 Å². The summed E-state index contributed by atoms with van der Waals surface area (Å²) < 4.78 is 27.0. The van der Waals surface area contributed by atoms with Crippen molar-refractivity contribution in [2.24, 2.45) is 0 Å². The topological polar surface area (TPSA) is 49.4 Å². The molecule has 1 aromatic carbocycles. The van der Waals surface area contributed by atoms with Gasteiger partial charge in [-0.15, -0.1) is 0 Å². The van der Waals surface area contributed by atoms with E-state index in [1.165, 1.54) is 4.31 Å². The first-order valence-electron chi connectivity index (χ1n) is 5.49. The van der Waals surface area contributed by atoms with E-state index in [-0.39, 0.29) is 6.04 Å². The third kappa shape index (κ3) is 2.88. The van der Waals surface area contributed by atoms with Gasteiger partial charge >= 0.3 is 0 Å². The lowest BCUT2D eigenvalue weighted by atomic mass is 10.3. The number of rotatable bonds is 2. The summed E-state index contributed by atoms with van der Waals surface area (Å²) in [5.74, 6) is 0. The minimum Gasteiger partial charge on any atom is -0.312 e. The second kappa shape index (κ2) is 5.06. The van der Waals surface area contributed by atoms with Gasteiger partial charge in [-0.05, 0) is 25.1 Å². The number of sulfonamides is 1. The maximum absolute atomic E-state index is 12.4.